The van der Waals surface area contributed by atoms with Crippen molar-refractivity contribution in [1.82, 2.24) is 15.3 Å². The van der Waals surface area contributed by atoms with Crippen molar-refractivity contribution in [3.8, 4) is 0 Å². The number of amides is 1. The van der Waals surface area contributed by atoms with Gasteiger partial charge in [-0.1, -0.05) is 0 Å². The molecule has 0 spiro atoms. The first kappa shape index (κ1) is 14.0. The maximum atomic E-state index is 12.0. The Labute approximate surface area is 128 Å². The molecule has 1 aliphatic rings. The highest BCUT2D eigenvalue weighted by Crippen LogP contribution is 2.24. The second-order valence-electron chi connectivity index (χ2n) is 5.21. The van der Waals surface area contributed by atoms with Gasteiger partial charge >= 0.3 is 0 Å². The molecule has 110 valence electrons. The molecule has 21 heavy (non-hydrogen) atoms. The third-order valence-electron chi connectivity index (χ3n) is 3.70. The molecule has 0 aromatic carbocycles. The molecule has 1 N–H and O–H groups in total. The van der Waals surface area contributed by atoms with E-state index in [-0.39, 0.29) is 5.91 Å². The van der Waals surface area contributed by atoms with Crippen LogP contribution in [0.15, 0.2) is 36.1 Å². The summed E-state index contributed by atoms with van der Waals surface area (Å²) in [6.07, 6.45) is 7.42. The monoisotopic (exact) mass is 302 g/mol. The number of anilines is 1. The Kier molecular flexibility index (Phi) is 4.45. The van der Waals surface area contributed by atoms with Crippen LogP contribution in [0.2, 0.25) is 0 Å². The first-order valence-electron chi connectivity index (χ1n) is 7.15. The minimum Gasteiger partial charge on any atom is -0.352 e. The van der Waals surface area contributed by atoms with Gasteiger partial charge in [0.2, 0.25) is 0 Å². The van der Waals surface area contributed by atoms with Crippen LogP contribution < -0.4 is 10.2 Å². The molecule has 6 heteroatoms. The van der Waals surface area contributed by atoms with Crippen molar-refractivity contribution >= 4 is 22.4 Å². The fourth-order valence-electron chi connectivity index (χ4n) is 2.62. The Morgan fingerprint density at radius 3 is 3.00 bits per heavy atom. The van der Waals surface area contributed by atoms with Crippen LogP contribution in [0.3, 0.4) is 0 Å². The van der Waals surface area contributed by atoms with E-state index < -0.39 is 0 Å². The lowest BCUT2D eigenvalue weighted by Gasteiger charge is -2.32. The predicted molar refractivity (Wildman–Crippen MR) is 83.6 cm³/mol. The Balaban J connectivity index is 1.52. The van der Waals surface area contributed by atoms with E-state index in [9.17, 15) is 4.79 Å². The van der Waals surface area contributed by atoms with Gasteiger partial charge in [0.1, 0.15) is 0 Å². The van der Waals surface area contributed by atoms with Gasteiger partial charge in [-0.2, -0.15) is 0 Å². The molecule has 3 heterocycles. The fraction of sp³-hybridized carbons (Fsp3) is 0.400. The number of rotatable bonds is 4. The zero-order chi connectivity index (χ0) is 14.5. The largest absolute Gasteiger partial charge is 0.352 e. The Bertz CT molecular complexity index is 573. The maximum Gasteiger partial charge on any atom is 0.251 e. The summed E-state index contributed by atoms with van der Waals surface area (Å²) < 4.78 is 0. The Morgan fingerprint density at radius 2 is 2.24 bits per heavy atom. The summed E-state index contributed by atoms with van der Waals surface area (Å²) in [4.78, 5) is 22.6. The van der Waals surface area contributed by atoms with Crippen LogP contribution >= 0.6 is 11.3 Å². The lowest BCUT2D eigenvalue weighted by Crippen LogP contribution is -2.41. The number of carbonyl (C=O) groups is 1. The number of nitrogens with one attached hydrogen (secondary N) is 1. The minimum atomic E-state index is -0.0243. The van der Waals surface area contributed by atoms with E-state index in [1.807, 2.05) is 11.6 Å². The molecule has 1 saturated heterocycles. The zero-order valence-corrected chi connectivity index (χ0v) is 12.6. The molecule has 0 saturated carbocycles. The summed E-state index contributed by atoms with van der Waals surface area (Å²) >= 11 is 1.67. The van der Waals surface area contributed by atoms with Crippen LogP contribution in [0.5, 0.6) is 0 Å². The third kappa shape index (κ3) is 3.58. The van der Waals surface area contributed by atoms with E-state index >= 15 is 0 Å². The average molecular weight is 302 g/mol. The number of hydrogen-bond donors (Lipinski definition) is 1. The molecule has 1 fully saturated rings. The van der Waals surface area contributed by atoms with Gasteiger partial charge in [-0.3, -0.25) is 9.78 Å². The lowest BCUT2D eigenvalue weighted by molar-refractivity contribution is 0.0945. The summed E-state index contributed by atoms with van der Waals surface area (Å²) in [5.41, 5.74) is 0.664. The number of piperidine rings is 1. The van der Waals surface area contributed by atoms with E-state index in [2.05, 4.69) is 20.2 Å². The highest BCUT2D eigenvalue weighted by molar-refractivity contribution is 7.13. The molecule has 1 unspecified atom stereocenters. The van der Waals surface area contributed by atoms with Gasteiger partial charge in [0.25, 0.3) is 5.91 Å². The summed E-state index contributed by atoms with van der Waals surface area (Å²) in [6.45, 7) is 2.73. The number of hydrogen-bond acceptors (Lipinski definition) is 5. The van der Waals surface area contributed by atoms with Crippen LogP contribution in [-0.4, -0.2) is 35.5 Å². The van der Waals surface area contributed by atoms with Gasteiger partial charge in [0, 0.05) is 49.2 Å². The van der Waals surface area contributed by atoms with Crippen molar-refractivity contribution in [2.24, 2.45) is 5.92 Å². The molecule has 1 aliphatic heterocycles. The second kappa shape index (κ2) is 6.67. The van der Waals surface area contributed by atoms with E-state index in [1.54, 1.807) is 35.9 Å². The van der Waals surface area contributed by atoms with E-state index in [0.717, 1.165) is 31.1 Å². The summed E-state index contributed by atoms with van der Waals surface area (Å²) in [5, 5.41) is 6.11. The van der Waals surface area contributed by atoms with Crippen molar-refractivity contribution in [3.05, 3.63) is 41.7 Å². The SMILES string of the molecule is O=C(NCC1CCCN(c2nccs2)C1)c1ccncc1. The van der Waals surface area contributed by atoms with Crippen molar-refractivity contribution in [2.75, 3.05) is 24.5 Å². The number of pyridine rings is 1. The summed E-state index contributed by atoms with van der Waals surface area (Å²) in [5.74, 6) is 0.456. The quantitative estimate of drug-likeness (QED) is 0.940. The average Bonchev–Trinajstić information content (AvgIpc) is 3.08. The fourth-order valence-corrected chi connectivity index (χ4v) is 3.30. The van der Waals surface area contributed by atoms with Gasteiger partial charge in [-0.25, -0.2) is 4.98 Å². The number of carbonyl (C=O) groups excluding carboxylic acids is 1. The second-order valence-corrected chi connectivity index (χ2v) is 6.09. The van der Waals surface area contributed by atoms with E-state index in [4.69, 9.17) is 0 Å². The van der Waals surface area contributed by atoms with Crippen LogP contribution in [0.25, 0.3) is 0 Å². The Hall–Kier alpha value is -1.95. The molecular formula is C15H18N4OS. The van der Waals surface area contributed by atoms with Gasteiger partial charge in [-0.15, -0.1) is 11.3 Å². The normalized spacial score (nSPS) is 18.5. The molecule has 5 nitrogen and oxygen atoms in total. The lowest BCUT2D eigenvalue weighted by atomic mass is 9.98. The van der Waals surface area contributed by atoms with Gasteiger partial charge in [0.05, 0.1) is 0 Å². The maximum absolute atomic E-state index is 12.0. The molecular weight excluding hydrogens is 284 g/mol. The molecule has 1 atom stereocenters. The minimum absolute atomic E-state index is 0.0243. The standard InChI is InChI=1S/C15H18N4OS/c20-14(13-3-5-16-6-4-13)18-10-12-2-1-8-19(11-12)15-17-7-9-21-15/h3-7,9,12H,1-2,8,10-11H2,(H,18,20). The van der Waals surface area contributed by atoms with Crippen molar-refractivity contribution in [2.45, 2.75) is 12.8 Å². The van der Waals surface area contributed by atoms with Crippen LogP contribution in [0.1, 0.15) is 23.2 Å². The van der Waals surface area contributed by atoms with Crippen molar-refractivity contribution in [1.29, 1.82) is 0 Å². The van der Waals surface area contributed by atoms with Gasteiger partial charge in [-0.05, 0) is 30.9 Å². The topological polar surface area (TPSA) is 58.1 Å². The highest BCUT2D eigenvalue weighted by atomic mass is 32.1. The van der Waals surface area contributed by atoms with Crippen LogP contribution in [-0.2, 0) is 0 Å². The van der Waals surface area contributed by atoms with Gasteiger partial charge in [0.15, 0.2) is 5.13 Å². The van der Waals surface area contributed by atoms with E-state index in [1.165, 1.54) is 0 Å². The first-order valence-corrected chi connectivity index (χ1v) is 8.03. The molecule has 0 aliphatic carbocycles. The van der Waals surface area contributed by atoms with E-state index in [0.29, 0.717) is 18.0 Å². The molecule has 1 amide bonds. The molecule has 0 bridgehead atoms. The third-order valence-corrected chi connectivity index (χ3v) is 4.53. The molecule has 0 radical (unpaired) electrons. The highest BCUT2D eigenvalue weighted by Gasteiger charge is 2.22. The predicted octanol–water partition coefficient (Wildman–Crippen LogP) is 2.18. The van der Waals surface area contributed by atoms with Crippen molar-refractivity contribution < 1.29 is 4.79 Å². The molecule has 2 aromatic heterocycles. The Morgan fingerprint density at radius 1 is 1.38 bits per heavy atom. The number of thiazole rings is 1. The van der Waals surface area contributed by atoms with Crippen LogP contribution in [0, 0.1) is 5.92 Å². The van der Waals surface area contributed by atoms with Crippen LogP contribution in [0.4, 0.5) is 5.13 Å². The zero-order valence-electron chi connectivity index (χ0n) is 11.7. The molecule has 3 rings (SSSR count). The van der Waals surface area contributed by atoms with Crippen molar-refractivity contribution in [3.63, 3.8) is 0 Å². The smallest absolute Gasteiger partial charge is 0.251 e. The number of aromatic nitrogens is 2. The summed E-state index contributed by atoms with van der Waals surface area (Å²) in [7, 11) is 0. The number of nitrogens with zero attached hydrogens (tertiary/aromatic N) is 3. The van der Waals surface area contributed by atoms with Gasteiger partial charge < -0.3 is 10.2 Å². The molecule has 2 aromatic rings. The summed E-state index contributed by atoms with van der Waals surface area (Å²) in [6, 6.07) is 3.47. The first-order chi connectivity index (χ1) is 10.3.